The summed E-state index contributed by atoms with van der Waals surface area (Å²) < 4.78 is 0. The van der Waals surface area contributed by atoms with Crippen molar-refractivity contribution in [2.24, 2.45) is 0 Å². The van der Waals surface area contributed by atoms with Gasteiger partial charge >= 0.3 is 0 Å². The Hall–Kier alpha value is -2.54. The molecular weight excluding hydrogens is 383 g/mol. The monoisotopic (exact) mass is 400 g/mol. The molecule has 0 N–H and O–H groups in total. The molecule has 0 aliphatic heterocycles. The second-order valence-corrected chi connectivity index (χ2v) is 8.23. The molecule has 0 saturated heterocycles. The van der Waals surface area contributed by atoms with E-state index in [0.717, 1.165) is 5.56 Å². The number of halogens is 2. The molecule has 0 saturated carbocycles. The molecule has 0 atom stereocenters. The summed E-state index contributed by atoms with van der Waals surface area (Å²) >= 11 is 12.5. The summed E-state index contributed by atoms with van der Waals surface area (Å²) in [5.41, 5.74) is 8.03. The Morgan fingerprint density at radius 3 is 1.68 bits per heavy atom. The smallest absolute Gasteiger partial charge is 0.100 e. The zero-order valence-electron chi connectivity index (χ0n) is 15.1. The van der Waals surface area contributed by atoms with Crippen molar-refractivity contribution in [3.8, 4) is 11.1 Å². The summed E-state index contributed by atoms with van der Waals surface area (Å²) in [6.45, 7) is 0. The van der Waals surface area contributed by atoms with Crippen LogP contribution in [0.2, 0.25) is 0 Å². The van der Waals surface area contributed by atoms with E-state index in [4.69, 9.17) is 23.2 Å². The van der Waals surface area contributed by atoms with Crippen LogP contribution < -0.4 is 0 Å². The first-order valence-electron chi connectivity index (χ1n) is 9.36. The van der Waals surface area contributed by atoms with Crippen molar-refractivity contribution in [2.45, 2.75) is 10.3 Å². The summed E-state index contributed by atoms with van der Waals surface area (Å²) in [5.74, 6) is 0. The largest absolute Gasteiger partial charge is 0.132 e. The molecular formula is C26H18Cl2. The molecule has 5 rings (SSSR count). The van der Waals surface area contributed by atoms with E-state index in [2.05, 4.69) is 97.1 Å². The van der Waals surface area contributed by atoms with Crippen molar-refractivity contribution in [1.29, 1.82) is 0 Å². The molecule has 0 bridgehead atoms. The molecule has 2 heteroatoms. The van der Waals surface area contributed by atoms with Crippen molar-refractivity contribution in [3.63, 3.8) is 0 Å². The maximum Gasteiger partial charge on any atom is 0.132 e. The van der Waals surface area contributed by atoms with Gasteiger partial charge in [0.15, 0.2) is 0 Å². The van der Waals surface area contributed by atoms with Crippen LogP contribution >= 0.6 is 23.2 Å². The molecule has 0 fully saturated rings. The van der Waals surface area contributed by atoms with Gasteiger partial charge in [-0.15, -0.1) is 23.2 Å². The zero-order valence-corrected chi connectivity index (χ0v) is 16.7. The van der Waals surface area contributed by atoms with Crippen molar-refractivity contribution < 1.29 is 0 Å². The van der Waals surface area contributed by atoms with E-state index in [9.17, 15) is 0 Å². The molecule has 0 unspecified atom stereocenters. The SMILES string of the molecule is ClC(Cl)c1ccc2c(c1)C(c1ccccc1)(c1ccccc1)c1ccccc1-2. The minimum absolute atomic E-state index is 0.396. The first-order chi connectivity index (χ1) is 13.7. The highest BCUT2D eigenvalue weighted by atomic mass is 35.5. The minimum Gasteiger partial charge on any atom is -0.100 e. The van der Waals surface area contributed by atoms with Crippen LogP contribution in [-0.2, 0) is 5.41 Å². The fourth-order valence-electron chi connectivity index (χ4n) is 4.60. The molecule has 0 heterocycles. The zero-order chi connectivity index (χ0) is 19.1. The number of fused-ring (bicyclic) bond motifs is 3. The maximum atomic E-state index is 6.27. The van der Waals surface area contributed by atoms with Crippen LogP contribution in [0.5, 0.6) is 0 Å². The summed E-state index contributed by atoms with van der Waals surface area (Å²) in [5, 5.41) is 0. The lowest BCUT2D eigenvalue weighted by Gasteiger charge is -2.34. The summed E-state index contributed by atoms with van der Waals surface area (Å²) in [7, 11) is 0. The Kier molecular flexibility index (Phi) is 4.27. The third kappa shape index (κ3) is 2.45. The van der Waals surface area contributed by atoms with Gasteiger partial charge in [0.2, 0.25) is 0 Å². The Bertz CT molecular complexity index is 1090. The van der Waals surface area contributed by atoms with Gasteiger partial charge in [-0.2, -0.15) is 0 Å². The van der Waals surface area contributed by atoms with E-state index >= 15 is 0 Å². The van der Waals surface area contributed by atoms with Crippen molar-refractivity contribution in [2.75, 3.05) is 0 Å². The van der Waals surface area contributed by atoms with E-state index in [1.54, 1.807) is 0 Å². The van der Waals surface area contributed by atoms with Crippen molar-refractivity contribution in [3.05, 3.63) is 131 Å². The quantitative estimate of drug-likeness (QED) is 0.274. The van der Waals surface area contributed by atoms with Gasteiger partial charge in [-0.1, -0.05) is 103 Å². The van der Waals surface area contributed by atoms with E-state index in [-0.39, 0.29) is 0 Å². The molecule has 1 aliphatic carbocycles. The lowest BCUT2D eigenvalue weighted by molar-refractivity contribution is 0.767. The molecule has 0 radical (unpaired) electrons. The van der Waals surface area contributed by atoms with Crippen LogP contribution in [0, 0.1) is 0 Å². The number of hydrogen-bond donors (Lipinski definition) is 0. The number of rotatable bonds is 3. The molecule has 1 aliphatic rings. The van der Waals surface area contributed by atoms with Crippen LogP contribution in [0.3, 0.4) is 0 Å². The molecule has 0 amide bonds. The highest BCUT2D eigenvalue weighted by Crippen LogP contribution is 2.56. The number of benzene rings is 4. The second-order valence-electron chi connectivity index (χ2n) is 7.13. The van der Waals surface area contributed by atoms with Gasteiger partial charge in [0, 0.05) is 0 Å². The van der Waals surface area contributed by atoms with Gasteiger partial charge in [0.1, 0.15) is 4.84 Å². The second kappa shape index (κ2) is 6.81. The van der Waals surface area contributed by atoms with Gasteiger partial charge in [-0.25, -0.2) is 0 Å². The first kappa shape index (κ1) is 17.6. The molecule has 0 spiro atoms. The molecule has 136 valence electrons. The normalized spacial score (nSPS) is 14.0. The Balaban J connectivity index is 1.96. The molecule has 0 aromatic heterocycles. The van der Waals surface area contributed by atoms with Crippen LogP contribution in [0.15, 0.2) is 103 Å². The fraction of sp³-hybridized carbons (Fsp3) is 0.0769. The average Bonchev–Trinajstić information content (AvgIpc) is 3.05. The third-order valence-corrected chi connectivity index (χ3v) is 6.24. The van der Waals surface area contributed by atoms with Gasteiger partial charge in [-0.3, -0.25) is 0 Å². The topological polar surface area (TPSA) is 0 Å². The van der Waals surface area contributed by atoms with Gasteiger partial charge in [0.25, 0.3) is 0 Å². The number of alkyl halides is 2. The van der Waals surface area contributed by atoms with Gasteiger partial charge in [-0.05, 0) is 38.9 Å². The minimum atomic E-state index is -0.557. The van der Waals surface area contributed by atoms with E-state index in [1.807, 2.05) is 6.07 Å². The summed E-state index contributed by atoms with van der Waals surface area (Å²) in [6, 6.07) is 36.5. The predicted molar refractivity (Wildman–Crippen MR) is 118 cm³/mol. The van der Waals surface area contributed by atoms with E-state index < -0.39 is 10.3 Å². The lowest BCUT2D eigenvalue weighted by Crippen LogP contribution is -2.28. The molecule has 4 aromatic rings. The highest BCUT2D eigenvalue weighted by Gasteiger charge is 2.46. The Morgan fingerprint density at radius 2 is 1.07 bits per heavy atom. The Labute approximate surface area is 175 Å². The van der Waals surface area contributed by atoms with Gasteiger partial charge < -0.3 is 0 Å². The molecule has 28 heavy (non-hydrogen) atoms. The third-order valence-electron chi connectivity index (χ3n) is 5.73. The van der Waals surface area contributed by atoms with Crippen molar-refractivity contribution >= 4 is 23.2 Å². The van der Waals surface area contributed by atoms with Crippen LogP contribution in [-0.4, -0.2) is 0 Å². The Morgan fingerprint density at radius 1 is 0.536 bits per heavy atom. The lowest BCUT2D eigenvalue weighted by atomic mass is 9.67. The van der Waals surface area contributed by atoms with E-state index in [1.165, 1.54) is 33.4 Å². The number of hydrogen-bond acceptors (Lipinski definition) is 0. The van der Waals surface area contributed by atoms with Crippen molar-refractivity contribution in [1.82, 2.24) is 0 Å². The standard InChI is InChI=1S/C26H18Cl2/c27-25(28)18-15-16-22-21-13-7-8-14-23(21)26(24(22)17-18,19-9-3-1-4-10-19)20-11-5-2-6-12-20/h1-17,25H. The first-order valence-corrected chi connectivity index (χ1v) is 10.2. The van der Waals surface area contributed by atoms with E-state index in [0.29, 0.717) is 0 Å². The molecule has 0 nitrogen and oxygen atoms in total. The van der Waals surface area contributed by atoms with Crippen LogP contribution in [0.4, 0.5) is 0 Å². The molecule has 4 aromatic carbocycles. The average molecular weight is 401 g/mol. The van der Waals surface area contributed by atoms with Crippen LogP contribution in [0.25, 0.3) is 11.1 Å². The fourth-order valence-corrected chi connectivity index (χ4v) is 4.87. The predicted octanol–water partition coefficient (Wildman–Crippen LogP) is 7.53. The van der Waals surface area contributed by atoms with Crippen LogP contribution in [0.1, 0.15) is 32.7 Å². The highest BCUT2D eigenvalue weighted by molar-refractivity contribution is 6.44. The maximum absolute atomic E-state index is 6.27. The summed E-state index contributed by atoms with van der Waals surface area (Å²) in [6.07, 6.45) is 0. The van der Waals surface area contributed by atoms with Gasteiger partial charge in [0.05, 0.1) is 5.41 Å². The summed E-state index contributed by atoms with van der Waals surface area (Å²) in [4.78, 5) is -0.557.